The minimum absolute atomic E-state index is 0.192. The zero-order valence-corrected chi connectivity index (χ0v) is 9.68. The molecule has 15 heavy (non-hydrogen) atoms. The van der Waals surface area contributed by atoms with Gasteiger partial charge in [0.1, 0.15) is 5.82 Å². The van der Waals surface area contributed by atoms with Crippen molar-refractivity contribution in [2.45, 2.75) is 19.9 Å². The van der Waals surface area contributed by atoms with E-state index in [0.29, 0.717) is 0 Å². The Balaban J connectivity index is 2.53. The smallest absolute Gasteiger partial charge is 0.123 e. The van der Waals surface area contributed by atoms with Crippen LogP contribution in [0.3, 0.4) is 0 Å². The lowest BCUT2D eigenvalue weighted by atomic mass is 10.1. The predicted octanol–water partition coefficient (Wildman–Crippen LogP) is 3.62. The van der Waals surface area contributed by atoms with Crippen LogP contribution in [0.25, 0.3) is 0 Å². The Bertz CT molecular complexity index is 332. The maximum Gasteiger partial charge on any atom is 0.123 e. The highest BCUT2D eigenvalue weighted by Crippen LogP contribution is 2.12. The molecule has 1 nitrogen and oxygen atoms in total. The average molecular weight is 228 g/mol. The van der Waals surface area contributed by atoms with Gasteiger partial charge in [0.05, 0.1) is 0 Å². The number of hydrogen-bond acceptors (Lipinski definition) is 1. The van der Waals surface area contributed by atoms with Gasteiger partial charge in [0.25, 0.3) is 0 Å². The molecule has 0 fully saturated rings. The van der Waals surface area contributed by atoms with Crippen LogP contribution in [0, 0.1) is 5.82 Å². The van der Waals surface area contributed by atoms with E-state index in [1.54, 1.807) is 17.7 Å². The zero-order valence-electron chi connectivity index (χ0n) is 8.93. The van der Waals surface area contributed by atoms with Gasteiger partial charge in [0, 0.05) is 18.1 Å². The fourth-order valence-corrected chi connectivity index (χ4v) is 1.30. The van der Waals surface area contributed by atoms with Gasteiger partial charge >= 0.3 is 0 Å². The summed E-state index contributed by atoms with van der Waals surface area (Å²) < 4.78 is 12.7. The summed E-state index contributed by atoms with van der Waals surface area (Å²) in [5.41, 5.74) is 3.70. The van der Waals surface area contributed by atoms with Gasteiger partial charge in [-0.05, 0) is 37.1 Å². The second-order valence-electron chi connectivity index (χ2n) is 3.61. The molecule has 0 aliphatic carbocycles. The minimum Gasteiger partial charge on any atom is -0.306 e. The minimum atomic E-state index is -0.206. The number of rotatable bonds is 4. The average Bonchev–Trinajstić information content (AvgIpc) is 2.26. The molecular formula is C12H15ClFN. The number of halogens is 2. The Kier molecular flexibility index (Phi) is 4.79. The number of benzene rings is 1. The van der Waals surface area contributed by atoms with Crippen molar-refractivity contribution >= 4 is 11.6 Å². The van der Waals surface area contributed by atoms with Crippen LogP contribution in [0.2, 0.25) is 0 Å². The van der Waals surface area contributed by atoms with Gasteiger partial charge in [0.15, 0.2) is 0 Å². The summed E-state index contributed by atoms with van der Waals surface area (Å²) in [6.07, 6.45) is 0. The van der Waals surface area contributed by atoms with Crippen LogP contribution < -0.4 is 5.32 Å². The molecule has 0 aromatic heterocycles. The summed E-state index contributed by atoms with van der Waals surface area (Å²) in [5.74, 6) is -0.206. The maximum atomic E-state index is 12.7. The first-order valence-electron chi connectivity index (χ1n) is 4.88. The lowest BCUT2D eigenvalue weighted by Gasteiger charge is -2.14. The van der Waals surface area contributed by atoms with Crippen molar-refractivity contribution in [3.05, 3.63) is 46.8 Å². The fourth-order valence-electron chi connectivity index (χ4n) is 1.22. The first-order valence-corrected chi connectivity index (χ1v) is 5.32. The summed E-state index contributed by atoms with van der Waals surface area (Å²) in [6.45, 7) is 4.73. The fraction of sp³-hybridized carbons (Fsp3) is 0.333. The molecule has 0 saturated carbocycles. The van der Waals surface area contributed by atoms with Crippen LogP contribution in [0.5, 0.6) is 0 Å². The zero-order chi connectivity index (χ0) is 11.3. The maximum absolute atomic E-state index is 12.7. The molecule has 0 saturated heterocycles. The second-order valence-corrected chi connectivity index (χ2v) is 3.83. The summed E-state index contributed by atoms with van der Waals surface area (Å²) in [7, 11) is 0. The van der Waals surface area contributed by atoms with Gasteiger partial charge in [-0.3, -0.25) is 0 Å². The highest BCUT2D eigenvalue weighted by Gasteiger charge is 2.04. The van der Waals surface area contributed by atoms with E-state index in [4.69, 9.17) is 11.6 Å². The Hall–Kier alpha value is -0.860. The van der Waals surface area contributed by atoms with Gasteiger partial charge in [-0.2, -0.15) is 0 Å². The van der Waals surface area contributed by atoms with Crippen molar-refractivity contribution in [3.63, 3.8) is 0 Å². The largest absolute Gasteiger partial charge is 0.306 e. The number of nitrogens with one attached hydrogen (secondary N) is 1. The molecule has 82 valence electrons. The van der Waals surface area contributed by atoms with E-state index >= 15 is 0 Å². The van der Waals surface area contributed by atoms with Gasteiger partial charge in [-0.1, -0.05) is 23.7 Å². The van der Waals surface area contributed by atoms with Crippen LogP contribution >= 0.6 is 11.6 Å². The predicted molar refractivity (Wildman–Crippen MR) is 62.4 cm³/mol. The van der Waals surface area contributed by atoms with Crippen molar-refractivity contribution in [2.24, 2.45) is 0 Å². The van der Waals surface area contributed by atoms with Gasteiger partial charge in [0.2, 0.25) is 0 Å². The van der Waals surface area contributed by atoms with Crippen molar-refractivity contribution in [2.75, 3.05) is 6.54 Å². The number of hydrogen-bond donors (Lipinski definition) is 1. The topological polar surface area (TPSA) is 12.0 Å². The molecule has 0 bridgehead atoms. The first kappa shape index (κ1) is 12.2. The normalized spacial score (nSPS) is 14.0. The molecule has 1 aromatic carbocycles. The second kappa shape index (κ2) is 5.89. The molecule has 0 unspecified atom stereocenters. The molecule has 3 heteroatoms. The van der Waals surface area contributed by atoms with E-state index in [1.165, 1.54) is 12.1 Å². The molecule has 0 aliphatic heterocycles. The van der Waals surface area contributed by atoms with E-state index in [2.05, 4.69) is 5.32 Å². The van der Waals surface area contributed by atoms with Gasteiger partial charge < -0.3 is 5.32 Å². The van der Waals surface area contributed by atoms with Crippen LogP contribution in [0.1, 0.15) is 25.5 Å². The monoisotopic (exact) mass is 227 g/mol. The SMILES string of the molecule is C/C(=C\Cl)CN[C@H](C)c1ccc(F)cc1. The standard InChI is InChI=1S/C12H15ClFN/c1-9(7-13)8-15-10(2)11-3-5-12(14)6-4-11/h3-7,10,15H,8H2,1-2H3/b9-7+/t10-/m1/s1. The molecule has 0 aliphatic rings. The van der Waals surface area contributed by atoms with E-state index in [-0.39, 0.29) is 11.9 Å². The van der Waals surface area contributed by atoms with Crippen LogP contribution in [0.15, 0.2) is 35.4 Å². The summed E-state index contributed by atoms with van der Waals surface area (Å²) >= 11 is 5.55. The molecule has 0 amide bonds. The molecule has 0 radical (unpaired) electrons. The van der Waals surface area contributed by atoms with Gasteiger partial charge in [-0.15, -0.1) is 0 Å². The van der Waals surface area contributed by atoms with Crippen molar-refractivity contribution in [1.29, 1.82) is 0 Å². The lowest BCUT2D eigenvalue weighted by Crippen LogP contribution is -2.20. The van der Waals surface area contributed by atoms with E-state index in [0.717, 1.165) is 17.7 Å². The Morgan fingerprint density at radius 2 is 2.07 bits per heavy atom. The summed E-state index contributed by atoms with van der Waals surface area (Å²) in [4.78, 5) is 0. The van der Waals surface area contributed by atoms with Crippen LogP contribution in [0.4, 0.5) is 4.39 Å². The molecule has 0 spiro atoms. The van der Waals surface area contributed by atoms with E-state index in [1.807, 2.05) is 13.8 Å². The van der Waals surface area contributed by atoms with E-state index < -0.39 is 0 Å². The van der Waals surface area contributed by atoms with Crippen LogP contribution in [-0.4, -0.2) is 6.54 Å². The third-order valence-corrected chi connectivity index (χ3v) is 2.62. The lowest BCUT2D eigenvalue weighted by molar-refractivity contribution is 0.598. The Morgan fingerprint density at radius 3 is 2.60 bits per heavy atom. The molecular weight excluding hydrogens is 213 g/mol. The third kappa shape index (κ3) is 4.02. The quantitative estimate of drug-likeness (QED) is 0.829. The molecule has 1 aromatic rings. The summed E-state index contributed by atoms with van der Waals surface area (Å²) in [6, 6.07) is 6.70. The summed E-state index contributed by atoms with van der Waals surface area (Å²) in [5, 5.41) is 3.29. The molecule has 0 heterocycles. The Morgan fingerprint density at radius 1 is 1.47 bits per heavy atom. The molecule has 1 N–H and O–H groups in total. The van der Waals surface area contributed by atoms with Crippen molar-refractivity contribution < 1.29 is 4.39 Å². The van der Waals surface area contributed by atoms with Crippen molar-refractivity contribution in [3.8, 4) is 0 Å². The highest BCUT2D eigenvalue weighted by atomic mass is 35.5. The molecule has 1 rings (SSSR count). The van der Waals surface area contributed by atoms with Crippen molar-refractivity contribution in [1.82, 2.24) is 5.32 Å². The van der Waals surface area contributed by atoms with E-state index in [9.17, 15) is 4.39 Å². The van der Waals surface area contributed by atoms with Gasteiger partial charge in [-0.25, -0.2) is 4.39 Å². The molecule has 1 atom stereocenters. The highest BCUT2D eigenvalue weighted by molar-refractivity contribution is 6.25. The first-order chi connectivity index (χ1) is 7.13. The Labute approximate surface area is 95.0 Å². The third-order valence-electron chi connectivity index (χ3n) is 2.24. The van der Waals surface area contributed by atoms with Crippen LogP contribution in [-0.2, 0) is 0 Å².